The average Bonchev–Trinajstić information content (AvgIpc) is 2.46. The van der Waals surface area contributed by atoms with Gasteiger partial charge in [0.25, 0.3) is 6.43 Å². The fourth-order valence-corrected chi connectivity index (χ4v) is 2.14. The Morgan fingerprint density at radius 2 is 2.04 bits per heavy atom. The minimum absolute atomic E-state index is 0.0512. The van der Waals surface area contributed by atoms with Crippen LogP contribution in [-0.4, -0.2) is 21.0 Å². The molecule has 0 aliphatic heterocycles. The number of anilines is 1. The number of carboxylic acids is 1. The third-order valence-electron chi connectivity index (χ3n) is 2.97. The maximum Gasteiger partial charge on any atom is 0.355 e. The third kappa shape index (κ3) is 2.98. The molecule has 0 bridgehead atoms. The van der Waals surface area contributed by atoms with Crippen LogP contribution in [0.4, 0.5) is 19.0 Å². The van der Waals surface area contributed by atoms with Gasteiger partial charge >= 0.3 is 5.97 Å². The second-order valence-corrected chi connectivity index (χ2v) is 4.73. The number of benzene rings is 1. The van der Waals surface area contributed by atoms with Crippen LogP contribution in [0.2, 0.25) is 5.02 Å². The van der Waals surface area contributed by atoms with Crippen molar-refractivity contribution in [3.63, 3.8) is 0 Å². The summed E-state index contributed by atoms with van der Waals surface area (Å²) in [6.07, 6.45) is -2.03. The molecule has 3 N–H and O–H groups in total. The number of nitrogen functional groups attached to an aromatic ring is 1. The Morgan fingerprint density at radius 1 is 1.39 bits per heavy atom. The number of carbonyl (C=O) groups is 1. The van der Waals surface area contributed by atoms with Crippen molar-refractivity contribution < 1.29 is 23.1 Å². The molecule has 23 heavy (non-hydrogen) atoms. The highest BCUT2D eigenvalue weighted by atomic mass is 35.5. The summed E-state index contributed by atoms with van der Waals surface area (Å²) in [5.74, 6) is -3.50. The molecule has 0 aliphatic carbocycles. The van der Waals surface area contributed by atoms with Crippen molar-refractivity contribution in [2.75, 3.05) is 5.73 Å². The fraction of sp³-hybridized carbons (Fsp3) is 0.0714. The Morgan fingerprint density at radius 3 is 2.57 bits per heavy atom. The lowest BCUT2D eigenvalue weighted by atomic mass is 10.1. The van der Waals surface area contributed by atoms with Crippen LogP contribution in [0.1, 0.15) is 28.0 Å². The van der Waals surface area contributed by atoms with Crippen molar-refractivity contribution in [3.8, 4) is 11.4 Å². The number of hydrogen-bond donors (Lipinski definition) is 2. The van der Waals surface area contributed by atoms with Crippen LogP contribution < -0.4 is 5.73 Å². The van der Waals surface area contributed by atoms with Crippen molar-refractivity contribution in [1.82, 2.24) is 9.97 Å². The number of aromatic carboxylic acids is 1. The van der Waals surface area contributed by atoms with Gasteiger partial charge in [-0.3, -0.25) is 0 Å². The first-order valence-electron chi connectivity index (χ1n) is 6.07. The molecule has 1 heterocycles. The van der Waals surface area contributed by atoms with Crippen LogP contribution in [-0.2, 0) is 0 Å². The first-order valence-corrected chi connectivity index (χ1v) is 6.45. The van der Waals surface area contributed by atoms with Crippen molar-refractivity contribution in [2.24, 2.45) is 0 Å². The van der Waals surface area contributed by atoms with Gasteiger partial charge in [-0.05, 0) is 12.1 Å². The normalized spacial score (nSPS) is 10.8. The molecule has 0 spiro atoms. The van der Waals surface area contributed by atoms with Gasteiger partial charge in [-0.2, -0.15) is 0 Å². The molecule has 0 radical (unpaired) electrons. The van der Waals surface area contributed by atoms with E-state index in [1.54, 1.807) is 0 Å². The second-order valence-electron chi connectivity index (χ2n) is 4.33. The molecular weight excluding hydrogens is 335 g/mol. The van der Waals surface area contributed by atoms with E-state index in [0.717, 1.165) is 18.2 Å². The quantitative estimate of drug-likeness (QED) is 0.881. The van der Waals surface area contributed by atoms with Gasteiger partial charge in [0.15, 0.2) is 11.5 Å². The number of nitrogens with two attached hydrogens (primary N) is 1. The van der Waals surface area contributed by atoms with Crippen molar-refractivity contribution in [2.45, 2.75) is 6.43 Å². The summed E-state index contributed by atoms with van der Waals surface area (Å²) in [4.78, 5) is 18.6. The van der Waals surface area contributed by atoms with Gasteiger partial charge in [-0.1, -0.05) is 24.3 Å². The van der Waals surface area contributed by atoms with Crippen LogP contribution in [0.25, 0.3) is 17.5 Å². The first-order chi connectivity index (χ1) is 10.8. The SMILES string of the molecule is C=Cc1c(N)nc(-c2ccc(Cl)c(C(F)F)c2F)nc1C(=O)O. The van der Waals surface area contributed by atoms with Crippen LogP contribution in [0.15, 0.2) is 18.7 Å². The van der Waals surface area contributed by atoms with E-state index in [9.17, 15) is 18.0 Å². The van der Waals surface area contributed by atoms with Gasteiger partial charge < -0.3 is 10.8 Å². The zero-order chi connectivity index (χ0) is 17.3. The van der Waals surface area contributed by atoms with Crippen LogP contribution in [0.5, 0.6) is 0 Å². The Bertz CT molecular complexity index is 812. The lowest BCUT2D eigenvalue weighted by Gasteiger charge is -2.11. The Hall–Kier alpha value is -2.61. The number of halogens is 4. The van der Waals surface area contributed by atoms with Gasteiger partial charge in [0, 0.05) is 5.56 Å². The van der Waals surface area contributed by atoms with Crippen molar-refractivity contribution in [1.29, 1.82) is 0 Å². The second kappa shape index (κ2) is 6.25. The van der Waals surface area contributed by atoms with Gasteiger partial charge in [0.1, 0.15) is 11.6 Å². The minimum atomic E-state index is -3.16. The molecule has 1 aromatic carbocycles. The van der Waals surface area contributed by atoms with Crippen LogP contribution in [0, 0.1) is 5.82 Å². The highest BCUT2D eigenvalue weighted by molar-refractivity contribution is 6.31. The molecule has 2 aromatic rings. The minimum Gasteiger partial charge on any atom is -0.476 e. The Balaban J connectivity index is 2.76. The molecule has 0 amide bonds. The maximum absolute atomic E-state index is 14.3. The predicted molar refractivity (Wildman–Crippen MR) is 78.9 cm³/mol. The lowest BCUT2D eigenvalue weighted by molar-refractivity contribution is 0.0690. The summed E-state index contributed by atoms with van der Waals surface area (Å²) in [6, 6.07) is 2.11. The summed E-state index contributed by atoms with van der Waals surface area (Å²) in [7, 11) is 0. The zero-order valence-corrected chi connectivity index (χ0v) is 12.1. The fourth-order valence-electron chi connectivity index (χ4n) is 1.91. The highest BCUT2D eigenvalue weighted by Crippen LogP contribution is 2.35. The highest BCUT2D eigenvalue weighted by Gasteiger charge is 2.24. The molecule has 5 nitrogen and oxygen atoms in total. The summed E-state index contributed by atoms with van der Waals surface area (Å²) < 4.78 is 40.0. The van der Waals surface area contributed by atoms with Crippen molar-refractivity contribution in [3.05, 3.63) is 46.4 Å². The molecule has 9 heteroatoms. The van der Waals surface area contributed by atoms with Crippen molar-refractivity contribution >= 4 is 29.5 Å². The van der Waals surface area contributed by atoms with Gasteiger partial charge in [0.05, 0.1) is 16.1 Å². The smallest absolute Gasteiger partial charge is 0.355 e. The summed E-state index contributed by atoms with van der Waals surface area (Å²) >= 11 is 5.55. The van der Waals surface area contributed by atoms with Gasteiger partial charge in [0.2, 0.25) is 0 Å². The summed E-state index contributed by atoms with van der Waals surface area (Å²) in [6.45, 7) is 3.39. The van der Waals surface area contributed by atoms with E-state index in [1.165, 1.54) is 0 Å². The molecule has 120 valence electrons. The van der Waals surface area contributed by atoms with E-state index >= 15 is 0 Å². The van der Waals surface area contributed by atoms with E-state index in [1.807, 2.05) is 0 Å². The topological polar surface area (TPSA) is 89.1 Å². The van der Waals surface area contributed by atoms with E-state index in [2.05, 4.69) is 16.5 Å². The van der Waals surface area contributed by atoms with Gasteiger partial charge in [-0.15, -0.1) is 0 Å². The third-order valence-corrected chi connectivity index (χ3v) is 3.30. The molecule has 0 unspecified atom stereocenters. The standard InChI is InChI=1S/C14H9ClF3N3O2/c1-2-5-10(14(22)23)20-13(21-12(5)19)6-3-4-7(15)8(9(6)16)11(17)18/h2-4,11H,1H2,(H,22,23)(H2,19,20,21). The number of hydrogen-bond acceptors (Lipinski definition) is 4. The molecule has 0 aliphatic rings. The predicted octanol–water partition coefficient (Wildman–Crippen LogP) is 3.80. The van der Waals surface area contributed by atoms with E-state index in [4.69, 9.17) is 22.4 Å². The van der Waals surface area contributed by atoms with E-state index in [0.29, 0.717) is 0 Å². The average molecular weight is 344 g/mol. The largest absolute Gasteiger partial charge is 0.476 e. The van der Waals surface area contributed by atoms with Gasteiger partial charge in [-0.25, -0.2) is 27.9 Å². The molecular formula is C14H9ClF3N3O2. The molecule has 1 aromatic heterocycles. The lowest BCUT2D eigenvalue weighted by Crippen LogP contribution is -2.10. The zero-order valence-electron chi connectivity index (χ0n) is 11.4. The number of carboxylic acid groups (broad SMARTS) is 1. The Kier molecular flexibility index (Phi) is 4.55. The number of nitrogens with zero attached hydrogens (tertiary/aromatic N) is 2. The first kappa shape index (κ1) is 16.8. The molecule has 0 saturated carbocycles. The number of alkyl halides is 2. The molecule has 2 rings (SSSR count). The summed E-state index contributed by atoms with van der Waals surface area (Å²) in [5.41, 5.74) is 3.58. The molecule has 0 saturated heterocycles. The molecule has 0 atom stereocenters. The maximum atomic E-state index is 14.3. The van der Waals surface area contributed by atoms with E-state index < -0.39 is 45.9 Å². The summed E-state index contributed by atoms with van der Waals surface area (Å²) in [5, 5.41) is 8.66. The van der Waals surface area contributed by atoms with E-state index in [-0.39, 0.29) is 11.4 Å². The number of rotatable bonds is 4. The number of aromatic nitrogens is 2. The van der Waals surface area contributed by atoms with Crippen LogP contribution in [0.3, 0.4) is 0 Å². The monoisotopic (exact) mass is 343 g/mol. The molecule has 0 fully saturated rings. The van der Waals surface area contributed by atoms with Crippen LogP contribution >= 0.6 is 11.6 Å². The Labute approximate surface area is 133 Å².